The van der Waals surface area contributed by atoms with Gasteiger partial charge in [0.2, 0.25) is 10.0 Å². The van der Waals surface area contributed by atoms with Gasteiger partial charge in [-0.3, -0.25) is 4.99 Å². The first kappa shape index (κ1) is 21.9. The van der Waals surface area contributed by atoms with E-state index in [9.17, 15) is 8.42 Å². The highest BCUT2D eigenvalue weighted by molar-refractivity contribution is 14.0. The average Bonchev–Trinajstić information content (AvgIpc) is 3.28. The van der Waals surface area contributed by atoms with Crippen LogP contribution >= 0.6 is 35.3 Å². The first-order chi connectivity index (χ1) is 12.5. The summed E-state index contributed by atoms with van der Waals surface area (Å²) in [5, 5.41) is 11.8. The number of aliphatic imine (C=N–C) groups is 1. The third-order valence-electron chi connectivity index (χ3n) is 4.22. The van der Waals surface area contributed by atoms with E-state index in [4.69, 9.17) is 5.14 Å². The van der Waals surface area contributed by atoms with Gasteiger partial charge in [-0.2, -0.15) is 0 Å². The molecule has 10 heteroatoms. The van der Waals surface area contributed by atoms with E-state index in [1.54, 1.807) is 13.1 Å². The van der Waals surface area contributed by atoms with E-state index < -0.39 is 10.0 Å². The van der Waals surface area contributed by atoms with Crippen LogP contribution in [0.25, 0.3) is 0 Å². The molecule has 1 fully saturated rings. The second-order valence-electron chi connectivity index (χ2n) is 6.10. The summed E-state index contributed by atoms with van der Waals surface area (Å²) in [6.45, 7) is 2.41. The molecule has 0 amide bonds. The molecule has 1 saturated heterocycles. The van der Waals surface area contributed by atoms with Crippen molar-refractivity contribution < 1.29 is 8.42 Å². The van der Waals surface area contributed by atoms with Crippen LogP contribution < -0.4 is 20.7 Å². The predicted molar refractivity (Wildman–Crippen MR) is 122 cm³/mol. The van der Waals surface area contributed by atoms with Crippen molar-refractivity contribution in [3.05, 3.63) is 47.3 Å². The Bertz CT molecular complexity index is 870. The number of thiophene rings is 1. The van der Waals surface area contributed by atoms with Crippen molar-refractivity contribution in [3.8, 4) is 0 Å². The van der Waals surface area contributed by atoms with Crippen molar-refractivity contribution in [1.82, 2.24) is 10.6 Å². The molecule has 1 aromatic carbocycles. The van der Waals surface area contributed by atoms with Crippen LogP contribution in [0, 0.1) is 0 Å². The van der Waals surface area contributed by atoms with E-state index in [-0.39, 0.29) is 28.2 Å². The van der Waals surface area contributed by atoms with Gasteiger partial charge >= 0.3 is 0 Å². The summed E-state index contributed by atoms with van der Waals surface area (Å²) in [6, 6.07) is 14.0. The van der Waals surface area contributed by atoms with Crippen LogP contribution in [0.1, 0.15) is 11.3 Å². The highest BCUT2D eigenvalue weighted by atomic mass is 127. The molecule has 0 saturated carbocycles. The Morgan fingerprint density at radius 3 is 2.67 bits per heavy atom. The Balaban J connectivity index is 0.00000261. The molecule has 0 spiro atoms. The first-order valence-electron chi connectivity index (χ1n) is 8.34. The molecule has 1 atom stereocenters. The van der Waals surface area contributed by atoms with Crippen LogP contribution in [-0.4, -0.2) is 40.6 Å². The lowest BCUT2D eigenvalue weighted by atomic mass is 10.3. The number of anilines is 1. The Kier molecular flexibility index (Phi) is 7.89. The number of rotatable bonds is 5. The van der Waals surface area contributed by atoms with Gasteiger partial charge in [-0.1, -0.05) is 18.2 Å². The Labute approximate surface area is 181 Å². The van der Waals surface area contributed by atoms with Crippen LogP contribution in [0.3, 0.4) is 0 Å². The molecule has 2 heterocycles. The summed E-state index contributed by atoms with van der Waals surface area (Å²) in [5.41, 5.74) is 1.23. The van der Waals surface area contributed by atoms with Crippen LogP contribution in [0.5, 0.6) is 0 Å². The molecule has 148 valence electrons. The largest absolute Gasteiger partial charge is 0.369 e. The maximum atomic E-state index is 11.3. The molecule has 3 rings (SSSR count). The maximum Gasteiger partial charge on any atom is 0.247 e. The molecule has 1 aromatic heterocycles. The van der Waals surface area contributed by atoms with Crippen molar-refractivity contribution in [2.75, 3.05) is 25.0 Å². The van der Waals surface area contributed by atoms with Crippen molar-refractivity contribution in [1.29, 1.82) is 0 Å². The Morgan fingerprint density at radius 2 is 2.04 bits per heavy atom. The molecule has 2 aromatic rings. The van der Waals surface area contributed by atoms with Crippen LogP contribution in [0.15, 0.2) is 51.7 Å². The van der Waals surface area contributed by atoms with Crippen molar-refractivity contribution in [2.24, 2.45) is 10.1 Å². The van der Waals surface area contributed by atoms with E-state index in [0.717, 1.165) is 24.4 Å². The minimum Gasteiger partial charge on any atom is -0.369 e. The summed E-state index contributed by atoms with van der Waals surface area (Å²) in [6.07, 6.45) is 1.03. The lowest BCUT2D eigenvalue weighted by Crippen LogP contribution is -2.44. The molecule has 1 aliphatic heterocycles. The van der Waals surface area contributed by atoms with Crippen LogP contribution in [-0.2, 0) is 16.6 Å². The minimum atomic E-state index is -3.64. The summed E-state index contributed by atoms with van der Waals surface area (Å²) in [4.78, 5) is 7.49. The predicted octanol–water partition coefficient (Wildman–Crippen LogP) is 1.96. The number of sulfonamides is 1. The van der Waals surface area contributed by atoms with Crippen molar-refractivity contribution >= 4 is 57.0 Å². The van der Waals surface area contributed by atoms with E-state index in [1.165, 1.54) is 23.1 Å². The fourth-order valence-electron chi connectivity index (χ4n) is 2.92. The molecule has 0 aliphatic carbocycles. The van der Waals surface area contributed by atoms with Crippen LogP contribution in [0.2, 0.25) is 0 Å². The normalized spacial score (nSPS) is 17.5. The van der Waals surface area contributed by atoms with Gasteiger partial charge in [0, 0.05) is 36.7 Å². The fraction of sp³-hybridized carbons (Fsp3) is 0.353. The summed E-state index contributed by atoms with van der Waals surface area (Å²) < 4.78 is 22.9. The number of benzene rings is 1. The molecule has 27 heavy (non-hydrogen) atoms. The fourth-order valence-corrected chi connectivity index (χ4v) is 4.63. The van der Waals surface area contributed by atoms with E-state index in [2.05, 4.69) is 32.7 Å². The quantitative estimate of drug-likeness (QED) is 0.318. The van der Waals surface area contributed by atoms with Gasteiger partial charge < -0.3 is 15.5 Å². The summed E-state index contributed by atoms with van der Waals surface area (Å²) >= 11 is 1.17. The smallest absolute Gasteiger partial charge is 0.247 e. The van der Waals surface area contributed by atoms with Crippen molar-refractivity contribution in [3.63, 3.8) is 0 Å². The number of nitrogens with two attached hydrogens (primary N) is 1. The van der Waals surface area contributed by atoms with Gasteiger partial charge in [-0.25, -0.2) is 13.6 Å². The minimum absolute atomic E-state index is 0. The zero-order chi connectivity index (χ0) is 18.6. The van der Waals surface area contributed by atoms with Gasteiger partial charge in [0.15, 0.2) is 5.96 Å². The Hall–Kier alpha value is -1.37. The zero-order valence-corrected chi connectivity index (χ0v) is 18.9. The second kappa shape index (κ2) is 9.71. The standard InChI is InChI=1S/C17H23N5O2S2.HI/c1-19-17(20-11-15-7-8-16(25-15)26(18,23)24)21-13-9-10-22(12-13)14-5-3-2-4-6-14;/h2-8,13H,9-12H2,1H3,(H2,18,23,24)(H2,19,20,21);1H. The maximum absolute atomic E-state index is 11.3. The lowest BCUT2D eigenvalue weighted by molar-refractivity contribution is 0.600. The van der Waals surface area contributed by atoms with Gasteiger partial charge in [0.1, 0.15) is 4.21 Å². The van der Waals surface area contributed by atoms with E-state index in [1.807, 2.05) is 18.2 Å². The number of hydrogen-bond donors (Lipinski definition) is 3. The first-order valence-corrected chi connectivity index (χ1v) is 10.7. The molecule has 4 N–H and O–H groups in total. The van der Waals surface area contributed by atoms with Gasteiger partial charge in [-0.05, 0) is 30.7 Å². The second-order valence-corrected chi connectivity index (χ2v) is 9.06. The number of guanidine groups is 1. The van der Waals surface area contributed by atoms with Crippen LogP contribution in [0.4, 0.5) is 5.69 Å². The van der Waals surface area contributed by atoms with Gasteiger partial charge in [-0.15, -0.1) is 35.3 Å². The Morgan fingerprint density at radius 1 is 1.30 bits per heavy atom. The van der Waals surface area contributed by atoms with Gasteiger partial charge in [0.25, 0.3) is 0 Å². The summed E-state index contributed by atoms with van der Waals surface area (Å²) in [5.74, 6) is 0.704. The highest BCUT2D eigenvalue weighted by Crippen LogP contribution is 2.21. The topological polar surface area (TPSA) is 99.8 Å². The van der Waals surface area contributed by atoms with Crippen molar-refractivity contribution in [2.45, 2.75) is 23.2 Å². The third-order valence-corrected chi connectivity index (χ3v) is 6.75. The molecular formula is C17H24IN5O2S2. The number of nitrogens with one attached hydrogen (secondary N) is 2. The van der Waals surface area contributed by atoms with E-state index >= 15 is 0 Å². The molecule has 1 aliphatic rings. The molecule has 1 unspecified atom stereocenters. The number of nitrogens with zero attached hydrogens (tertiary/aromatic N) is 2. The molecule has 0 bridgehead atoms. The molecule has 0 radical (unpaired) electrons. The monoisotopic (exact) mass is 521 g/mol. The number of primary sulfonamides is 1. The SMILES string of the molecule is CN=C(NCc1ccc(S(N)(=O)=O)s1)NC1CCN(c2ccccc2)C1.I. The van der Waals surface area contributed by atoms with Gasteiger partial charge in [0.05, 0.1) is 6.54 Å². The third kappa shape index (κ3) is 6.06. The molecular weight excluding hydrogens is 497 g/mol. The summed E-state index contributed by atoms with van der Waals surface area (Å²) in [7, 11) is -1.91. The van der Waals surface area contributed by atoms with E-state index in [0.29, 0.717) is 18.5 Å². The number of hydrogen-bond acceptors (Lipinski definition) is 5. The average molecular weight is 521 g/mol. The molecule has 7 nitrogen and oxygen atoms in total. The highest BCUT2D eigenvalue weighted by Gasteiger charge is 2.23. The number of halogens is 1. The lowest BCUT2D eigenvalue weighted by Gasteiger charge is -2.20. The number of para-hydroxylation sites is 1. The zero-order valence-electron chi connectivity index (χ0n) is 15.0.